The lowest BCUT2D eigenvalue weighted by atomic mass is 9.76. The third kappa shape index (κ3) is 5.31. The molecule has 0 N–H and O–H groups in total. The van der Waals surface area contributed by atoms with Crippen molar-refractivity contribution in [3.63, 3.8) is 0 Å². The summed E-state index contributed by atoms with van der Waals surface area (Å²) >= 11 is 0. The molecule has 0 radical (unpaired) electrons. The summed E-state index contributed by atoms with van der Waals surface area (Å²) in [5, 5.41) is 0. The van der Waals surface area contributed by atoms with Gasteiger partial charge in [-0.15, -0.1) is 0 Å². The molecule has 0 aromatic heterocycles. The Labute approximate surface area is 197 Å². The van der Waals surface area contributed by atoms with Crippen LogP contribution >= 0.6 is 0 Å². The third-order valence-electron chi connectivity index (χ3n) is 6.46. The molecular weight excluding hydrogens is 408 g/mol. The van der Waals surface area contributed by atoms with E-state index in [0.29, 0.717) is 30.8 Å². The molecule has 170 valence electrons. The molecule has 1 heterocycles. The van der Waals surface area contributed by atoms with Crippen molar-refractivity contribution < 1.29 is 14.3 Å². The van der Waals surface area contributed by atoms with Crippen LogP contribution in [0.15, 0.2) is 91.1 Å². The van der Waals surface area contributed by atoms with Crippen LogP contribution in [0.3, 0.4) is 0 Å². The van der Waals surface area contributed by atoms with Gasteiger partial charge in [0.05, 0.1) is 6.42 Å². The number of fused-ring (bicyclic) bond motifs is 2. The highest BCUT2D eigenvalue weighted by atomic mass is 16.5. The van der Waals surface area contributed by atoms with E-state index in [4.69, 9.17) is 4.74 Å². The van der Waals surface area contributed by atoms with Crippen molar-refractivity contribution in [2.75, 3.05) is 0 Å². The van der Waals surface area contributed by atoms with Crippen LogP contribution in [-0.2, 0) is 16.0 Å². The molecule has 1 aliphatic heterocycles. The maximum Gasteiger partial charge on any atom is 0.312 e. The van der Waals surface area contributed by atoms with Crippen LogP contribution in [0.4, 0.5) is 0 Å². The number of benzene rings is 2. The van der Waals surface area contributed by atoms with Crippen molar-refractivity contribution in [3.05, 3.63) is 113 Å². The monoisotopic (exact) mass is 440 g/mol. The molecule has 0 saturated heterocycles. The first kappa shape index (κ1) is 24.2. The molecule has 2 aromatic rings. The molecular formula is C30H32O3. The largest absolute Gasteiger partial charge is 0.426 e. The van der Waals surface area contributed by atoms with Crippen molar-refractivity contribution in [1.82, 2.24) is 0 Å². The average molecular weight is 441 g/mol. The molecule has 2 aromatic carbocycles. The van der Waals surface area contributed by atoms with Gasteiger partial charge in [-0.3, -0.25) is 9.59 Å². The summed E-state index contributed by atoms with van der Waals surface area (Å²) in [6, 6.07) is 14.0. The molecule has 1 aliphatic carbocycles. The lowest BCUT2D eigenvalue weighted by Crippen LogP contribution is -2.20. The van der Waals surface area contributed by atoms with Crippen molar-refractivity contribution in [2.24, 2.45) is 0 Å². The number of ketones is 1. The van der Waals surface area contributed by atoms with Crippen LogP contribution in [0.5, 0.6) is 5.75 Å². The maximum absolute atomic E-state index is 11.9. The lowest BCUT2D eigenvalue weighted by molar-refractivity contribution is -0.135. The van der Waals surface area contributed by atoms with Gasteiger partial charge < -0.3 is 4.74 Å². The summed E-state index contributed by atoms with van der Waals surface area (Å²) in [5.74, 6) is 1.11. The van der Waals surface area contributed by atoms with Gasteiger partial charge in [0.25, 0.3) is 0 Å². The first-order chi connectivity index (χ1) is 15.9. The topological polar surface area (TPSA) is 43.4 Å². The Bertz CT molecular complexity index is 1130. The van der Waals surface area contributed by atoms with Gasteiger partial charge >= 0.3 is 5.97 Å². The van der Waals surface area contributed by atoms with E-state index < -0.39 is 0 Å². The van der Waals surface area contributed by atoms with Gasteiger partial charge in [0, 0.05) is 30.2 Å². The van der Waals surface area contributed by atoms with Crippen molar-refractivity contribution >= 4 is 11.8 Å². The number of aryl methyl sites for hydroxylation is 1. The van der Waals surface area contributed by atoms with Gasteiger partial charge in [-0.25, -0.2) is 0 Å². The summed E-state index contributed by atoms with van der Waals surface area (Å²) in [6.07, 6.45) is 9.32. The minimum absolute atomic E-state index is 0.0833. The second-order valence-electron chi connectivity index (χ2n) is 8.37. The van der Waals surface area contributed by atoms with Crippen LogP contribution in [-0.4, -0.2) is 11.8 Å². The van der Waals surface area contributed by atoms with Crippen molar-refractivity contribution in [3.8, 4) is 5.75 Å². The van der Waals surface area contributed by atoms with Crippen LogP contribution in [0.25, 0.3) is 0 Å². The van der Waals surface area contributed by atoms with E-state index in [2.05, 4.69) is 44.4 Å². The Balaban J connectivity index is 0.000000186. The van der Waals surface area contributed by atoms with Crippen LogP contribution in [0.2, 0.25) is 0 Å². The van der Waals surface area contributed by atoms with Gasteiger partial charge in [-0.2, -0.15) is 0 Å². The van der Waals surface area contributed by atoms with Gasteiger partial charge in [-0.1, -0.05) is 73.9 Å². The van der Waals surface area contributed by atoms with E-state index in [1.165, 1.54) is 16.7 Å². The smallest absolute Gasteiger partial charge is 0.312 e. The molecule has 0 amide bonds. The molecule has 2 aliphatic rings. The van der Waals surface area contributed by atoms with E-state index >= 15 is 0 Å². The van der Waals surface area contributed by atoms with Crippen molar-refractivity contribution in [1.29, 1.82) is 0 Å². The van der Waals surface area contributed by atoms with E-state index in [-0.39, 0.29) is 17.8 Å². The molecule has 33 heavy (non-hydrogen) atoms. The molecule has 3 nitrogen and oxygen atoms in total. The molecule has 0 bridgehead atoms. The zero-order chi connectivity index (χ0) is 24.0. The number of rotatable bonds is 4. The number of hydrogen-bond acceptors (Lipinski definition) is 3. The van der Waals surface area contributed by atoms with E-state index in [1.54, 1.807) is 6.08 Å². The Morgan fingerprint density at radius 3 is 2.12 bits per heavy atom. The maximum atomic E-state index is 11.9. The first-order valence-electron chi connectivity index (χ1n) is 11.4. The van der Waals surface area contributed by atoms with Gasteiger partial charge in [0.1, 0.15) is 11.5 Å². The molecule has 0 fully saturated rings. The summed E-state index contributed by atoms with van der Waals surface area (Å²) in [4.78, 5) is 23.4. The summed E-state index contributed by atoms with van der Waals surface area (Å²) in [6.45, 7) is 13.7. The first-order valence-corrected chi connectivity index (χ1v) is 11.4. The number of para-hydroxylation sites is 1. The lowest BCUT2D eigenvalue weighted by Gasteiger charge is -2.27. The highest BCUT2D eigenvalue weighted by Gasteiger charge is 2.28. The predicted molar refractivity (Wildman–Crippen MR) is 135 cm³/mol. The highest BCUT2D eigenvalue weighted by molar-refractivity contribution is 5.85. The summed E-state index contributed by atoms with van der Waals surface area (Å²) in [7, 11) is 0. The minimum Gasteiger partial charge on any atom is -0.426 e. The molecule has 0 spiro atoms. The average Bonchev–Trinajstić information content (AvgIpc) is 2.81. The number of carbonyl (C=O) groups is 2. The van der Waals surface area contributed by atoms with E-state index in [0.717, 1.165) is 16.7 Å². The number of esters is 1. The highest BCUT2D eigenvalue weighted by Crippen LogP contribution is 2.39. The number of hydrogen-bond donors (Lipinski definition) is 0. The second-order valence-corrected chi connectivity index (χ2v) is 8.37. The third-order valence-corrected chi connectivity index (χ3v) is 6.46. The number of allylic oxidation sites excluding steroid dienone is 6. The normalized spacial score (nSPS) is 20.0. The summed E-state index contributed by atoms with van der Waals surface area (Å²) < 4.78 is 5.20. The van der Waals surface area contributed by atoms with Crippen LogP contribution in [0, 0.1) is 6.92 Å². The quantitative estimate of drug-likeness (QED) is 0.294. The van der Waals surface area contributed by atoms with Crippen LogP contribution < -0.4 is 4.74 Å². The van der Waals surface area contributed by atoms with Gasteiger partial charge in [0.2, 0.25) is 0 Å². The molecule has 4 rings (SSSR count). The Morgan fingerprint density at radius 1 is 0.879 bits per heavy atom. The SMILES string of the molecule is C=C/C(=C\C)[C@@H]1CC(=O)Cc2c(C)cccc21.C=C/C(=C\C)[C@@H]1CC(=O)Oc2ccccc21. The molecule has 0 saturated carbocycles. The van der Waals surface area contributed by atoms with E-state index in [1.807, 2.05) is 50.3 Å². The van der Waals surface area contributed by atoms with Crippen LogP contribution in [0.1, 0.15) is 60.8 Å². The molecule has 0 unspecified atom stereocenters. The Kier molecular flexibility index (Phi) is 8.00. The zero-order valence-electron chi connectivity index (χ0n) is 19.8. The van der Waals surface area contributed by atoms with Gasteiger partial charge in [0.15, 0.2) is 0 Å². The molecule has 2 atom stereocenters. The van der Waals surface area contributed by atoms with E-state index in [9.17, 15) is 9.59 Å². The molecule has 3 heteroatoms. The van der Waals surface area contributed by atoms with Gasteiger partial charge in [-0.05, 0) is 54.7 Å². The fourth-order valence-electron chi connectivity index (χ4n) is 4.72. The fourth-order valence-corrected chi connectivity index (χ4v) is 4.72. The zero-order valence-corrected chi connectivity index (χ0v) is 19.8. The standard InChI is InChI=1S/C16H18O.C14H14O2/c1-4-12(5-2)16-10-13(17)9-15-11(3)7-6-8-14(15)16;1-3-10(4-2)12-9-14(15)16-13-8-6-5-7-11(12)13/h4-8,16H,1,9-10H2,2-3H3;3-8,12H,1,9H2,2H3/b12-5+;10-4+/t16-;12-/m00/s1. The second kappa shape index (κ2) is 10.9. The number of carbonyl (C=O) groups excluding carboxylic acids is 2. The predicted octanol–water partition coefficient (Wildman–Crippen LogP) is 6.94. The van der Waals surface area contributed by atoms with Crippen molar-refractivity contribution in [2.45, 2.75) is 51.9 Å². The summed E-state index contributed by atoms with van der Waals surface area (Å²) in [5.41, 5.74) is 7.04. The number of ether oxygens (including phenoxy) is 1. The Morgan fingerprint density at radius 2 is 1.48 bits per heavy atom. The minimum atomic E-state index is -0.176. The number of Topliss-reactive ketones (excluding diaryl/α,β-unsaturated/α-hetero) is 1. The Hall–Kier alpha value is -3.46. The fraction of sp³-hybridized carbons (Fsp3) is 0.267.